The highest BCUT2D eigenvalue weighted by Gasteiger charge is 2.34. The Bertz CT molecular complexity index is 1280. The molecule has 2 N–H and O–H groups in total. The molecular formula is C24H20ClF3N2O2. The van der Waals surface area contributed by atoms with Gasteiger partial charge in [0.2, 0.25) is 0 Å². The van der Waals surface area contributed by atoms with Crippen LogP contribution in [0.25, 0.3) is 5.57 Å². The highest BCUT2D eigenvalue weighted by Crippen LogP contribution is 2.42. The summed E-state index contributed by atoms with van der Waals surface area (Å²) in [6, 6.07) is 13.4. The van der Waals surface area contributed by atoms with Crippen molar-refractivity contribution in [3.63, 3.8) is 0 Å². The van der Waals surface area contributed by atoms with Gasteiger partial charge in [0.1, 0.15) is 0 Å². The molecule has 1 heterocycles. The van der Waals surface area contributed by atoms with E-state index in [2.05, 4.69) is 9.97 Å². The Balaban J connectivity index is 1.65. The molecule has 1 aliphatic carbocycles. The van der Waals surface area contributed by atoms with Crippen LogP contribution in [0, 0.1) is 0 Å². The molecule has 1 aromatic heterocycles. The molecule has 32 heavy (non-hydrogen) atoms. The smallest absolute Gasteiger partial charge is 0.311 e. The van der Waals surface area contributed by atoms with Gasteiger partial charge in [-0.3, -0.25) is 9.78 Å². The minimum atomic E-state index is -4.53. The molecule has 0 aliphatic heterocycles. The monoisotopic (exact) mass is 460 g/mol. The van der Waals surface area contributed by atoms with Crippen LogP contribution in [0.1, 0.15) is 53.1 Å². The van der Waals surface area contributed by atoms with Gasteiger partial charge in [0.05, 0.1) is 10.6 Å². The van der Waals surface area contributed by atoms with E-state index >= 15 is 0 Å². The normalized spacial score (nSPS) is 16.6. The van der Waals surface area contributed by atoms with E-state index in [1.807, 2.05) is 36.4 Å². The van der Waals surface area contributed by atoms with Gasteiger partial charge in [0.25, 0.3) is 5.56 Å². The van der Waals surface area contributed by atoms with Gasteiger partial charge in [-0.25, -0.2) is 4.79 Å². The standard InChI is InChI=1S/C24H20ClF3N2O2/c25-20-17(7-4-8-19(20)24(26,27)28)15-9-11-16(12-10-15)21-18(22(31)30-23(32)29-21)13-14-5-2-1-3-6-14/h1-9,16H,10-13H2,(H2,29,30,31,32). The Kier molecular flexibility index (Phi) is 6.11. The third-order valence-electron chi connectivity index (χ3n) is 5.77. The van der Waals surface area contributed by atoms with Crippen molar-refractivity contribution in [2.75, 3.05) is 0 Å². The van der Waals surface area contributed by atoms with E-state index in [1.165, 1.54) is 6.07 Å². The van der Waals surface area contributed by atoms with Crippen LogP contribution in [0.15, 0.2) is 64.2 Å². The highest BCUT2D eigenvalue weighted by atomic mass is 35.5. The maximum Gasteiger partial charge on any atom is 0.417 e. The number of hydrogen-bond donors (Lipinski definition) is 2. The van der Waals surface area contributed by atoms with Crippen molar-refractivity contribution in [2.24, 2.45) is 0 Å². The molecule has 0 radical (unpaired) electrons. The van der Waals surface area contributed by atoms with Gasteiger partial charge >= 0.3 is 11.9 Å². The third kappa shape index (κ3) is 4.58. The predicted octanol–water partition coefficient (Wildman–Crippen LogP) is 5.68. The molecule has 0 fully saturated rings. The molecule has 0 amide bonds. The molecule has 2 aromatic carbocycles. The van der Waals surface area contributed by atoms with Gasteiger partial charge in [0, 0.05) is 23.6 Å². The quantitative estimate of drug-likeness (QED) is 0.526. The minimum absolute atomic E-state index is 0.128. The number of benzene rings is 2. The van der Waals surface area contributed by atoms with E-state index < -0.39 is 23.0 Å². The second-order valence-electron chi connectivity index (χ2n) is 7.83. The summed E-state index contributed by atoms with van der Waals surface area (Å²) >= 11 is 6.08. The summed E-state index contributed by atoms with van der Waals surface area (Å²) < 4.78 is 39.6. The number of H-pyrrole nitrogens is 2. The first-order valence-electron chi connectivity index (χ1n) is 10.2. The molecule has 0 spiro atoms. The van der Waals surface area contributed by atoms with Crippen molar-refractivity contribution in [1.82, 2.24) is 9.97 Å². The maximum absolute atomic E-state index is 13.2. The molecule has 4 nitrogen and oxygen atoms in total. The molecule has 0 saturated heterocycles. The van der Waals surface area contributed by atoms with E-state index in [1.54, 1.807) is 6.07 Å². The summed E-state index contributed by atoms with van der Waals surface area (Å²) in [5.41, 5.74) is 1.25. The lowest BCUT2D eigenvalue weighted by molar-refractivity contribution is -0.137. The fraction of sp³-hybridized carbons (Fsp3) is 0.250. The Morgan fingerprint density at radius 3 is 2.41 bits per heavy atom. The number of hydrogen-bond acceptors (Lipinski definition) is 2. The zero-order valence-corrected chi connectivity index (χ0v) is 17.7. The fourth-order valence-corrected chi connectivity index (χ4v) is 4.55. The lowest BCUT2D eigenvalue weighted by Gasteiger charge is -2.24. The molecule has 166 valence electrons. The first kappa shape index (κ1) is 22.1. The van der Waals surface area contributed by atoms with E-state index in [4.69, 9.17) is 11.6 Å². The van der Waals surface area contributed by atoms with Gasteiger partial charge < -0.3 is 4.98 Å². The van der Waals surface area contributed by atoms with E-state index in [0.29, 0.717) is 42.5 Å². The van der Waals surface area contributed by atoms with Crippen LogP contribution in [-0.4, -0.2) is 9.97 Å². The largest absolute Gasteiger partial charge is 0.417 e. The summed E-state index contributed by atoms with van der Waals surface area (Å²) in [6.45, 7) is 0. The van der Waals surface area contributed by atoms with Crippen LogP contribution < -0.4 is 11.2 Å². The van der Waals surface area contributed by atoms with Crippen molar-refractivity contribution in [2.45, 2.75) is 37.8 Å². The average molecular weight is 461 g/mol. The fourth-order valence-electron chi connectivity index (χ4n) is 4.19. The van der Waals surface area contributed by atoms with Crippen LogP contribution in [-0.2, 0) is 12.6 Å². The van der Waals surface area contributed by atoms with Crippen LogP contribution in [0.4, 0.5) is 13.2 Å². The summed E-state index contributed by atoms with van der Waals surface area (Å²) in [7, 11) is 0. The topological polar surface area (TPSA) is 65.7 Å². The maximum atomic E-state index is 13.2. The van der Waals surface area contributed by atoms with Gasteiger partial charge in [-0.2, -0.15) is 13.2 Å². The van der Waals surface area contributed by atoms with Crippen LogP contribution in [0.2, 0.25) is 5.02 Å². The van der Waals surface area contributed by atoms with Crippen molar-refractivity contribution in [1.29, 1.82) is 0 Å². The van der Waals surface area contributed by atoms with Crippen molar-refractivity contribution in [3.05, 3.63) is 108 Å². The lowest BCUT2D eigenvalue weighted by atomic mass is 9.82. The summed E-state index contributed by atoms with van der Waals surface area (Å²) in [5.74, 6) is -0.128. The summed E-state index contributed by atoms with van der Waals surface area (Å²) in [5, 5.41) is -0.306. The van der Waals surface area contributed by atoms with Gasteiger partial charge in [-0.15, -0.1) is 0 Å². The molecule has 3 aromatic rings. The molecule has 1 atom stereocenters. The second kappa shape index (κ2) is 8.82. The SMILES string of the molecule is O=c1[nH]c(C2CC=C(c3cccc(C(F)(F)F)c3Cl)CC2)c(Cc2ccccc2)c(=O)[nH]1. The number of halogens is 4. The zero-order chi connectivity index (χ0) is 22.9. The zero-order valence-electron chi connectivity index (χ0n) is 16.9. The summed E-state index contributed by atoms with van der Waals surface area (Å²) in [6.07, 6.45) is -0.786. The number of alkyl halides is 3. The van der Waals surface area contributed by atoms with Gasteiger partial charge in [-0.05, 0) is 42.0 Å². The first-order chi connectivity index (χ1) is 15.2. The van der Waals surface area contributed by atoms with Crippen molar-refractivity contribution < 1.29 is 13.2 Å². The second-order valence-corrected chi connectivity index (χ2v) is 8.21. The number of aromatic nitrogens is 2. The van der Waals surface area contributed by atoms with Gasteiger partial charge in [0.15, 0.2) is 0 Å². The number of allylic oxidation sites excluding steroid dienone is 2. The molecular weight excluding hydrogens is 441 g/mol. The minimum Gasteiger partial charge on any atom is -0.311 e. The van der Waals surface area contributed by atoms with Crippen LogP contribution >= 0.6 is 11.6 Å². The van der Waals surface area contributed by atoms with Crippen molar-refractivity contribution >= 4 is 17.2 Å². The lowest BCUT2D eigenvalue weighted by Crippen LogP contribution is -2.30. The molecule has 1 unspecified atom stereocenters. The molecule has 1 aliphatic rings. The molecule has 8 heteroatoms. The first-order valence-corrected chi connectivity index (χ1v) is 10.6. The number of nitrogens with one attached hydrogen (secondary N) is 2. The average Bonchev–Trinajstić information content (AvgIpc) is 2.76. The molecule has 0 bridgehead atoms. The molecule has 0 saturated carbocycles. The molecule has 4 rings (SSSR count). The Morgan fingerprint density at radius 2 is 1.75 bits per heavy atom. The van der Waals surface area contributed by atoms with E-state index in [0.717, 1.165) is 17.2 Å². The van der Waals surface area contributed by atoms with Gasteiger partial charge in [-0.1, -0.05) is 60.1 Å². The number of aromatic amines is 2. The van der Waals surface area contributed by atoms with Crippen LogP contribution in [0.5, 0.6) is 0 Å². The van der Waals surface area contributed by atoms with E-state index in [9.17, 15) is 22.8 Å². The van der Waals surface area contributed by atoms with Crippen molar-refractivity contribution in [3.8, 4) is 0 Å². The highest BCUT2D eigenvalue weighted by molar-refractivity contribution is 6.33. The Hall–Kier alpha value is -3.06. The van der Waals surface area contributed by atoms with E-state index in [-0.39, 0.29) is 10.9 Å². The number of rotatable bonds is 4. The Morgan fingerprint density at radius 1 is 1.00 bits per heavy atom. The predicted molar refractivity (Wildman–Crippen MR) is 118 cm³/mol. The third-order valence-corrected chi connectivity index (χ3v) is 6.17. The summed E-state index contributed by atoms with van der Waals surface area (Å²) in [4.78, 5) is 29.6. The van der Waals surface area contributed by atoms with Crippen LogP contribution in [0.3, 0.4) is 0 Å². The Labute approximate surface area is 186 Å².